The minimum absolute atomic E-state index is 0.0642. The predicted molar refractivity (Wildman–Crippen MR) is 55.5 cm³/mol. The third-order valence-corrected chi connectivity index (χ3v) is 1.88. The smallest absolute Gasteiger partial charge is 0.225 e. The third-order valence-electron chi connectivity index (χ3n) is 1.88. The van der Waals surface area contributed by atoms with E-state index in [1.165, 1.54) is 0 Å². The second-order valence-electron chi connectivity index (χ2n) is 4.29. The molecule has 1 rings (SSSR count). The molecule has 0 aliphatic rings. The Morgan fingerprint density at radius 2 is 1.93 bits per heavy atom. The molecule has 1 N–H and O–H groups in total. The summed E-state index contributed by atoms with van der Waals surface area (Å²) in [5.41, 5.74) is 0.741. The lowest BCUT2D eigenvalue weighted by atomic mass is 9.95. The first kappa shape index (κ1) is 10.7. The molecule has 76 valence electrons. The van der Waals surface area contributed by atoms with E-state index < -0.39 is 0 Å². The molecule has 0 aliphatic carbocycles. The summed E-state index contributed by atoms with van der Waals surface area (Å²) < 4.78 is 0. The summed E-state index contributed by atoms with van der Waals surface area (Å²) in [5.74, 6) is 0.0642. The summed E-state index contributed by atoms with van der Waals surface area (Å²) in [7, 11) is 0. The molecule has 0 aromatic carbocycles. The van der Waals surface area contributed by atoms with Crippen molar-refractivity contribution in [3.8, 4) is 0 Å². The minimum atomic E-state index is -0.326. The van der Waals surface area contributed by atoms with Crippen LogP contribution >= 0.6 is 0 Å². The van der Waals surface area contributed by atoms with Crippen molar-refractivity contribution in [1.82, 2.24) is 10.3 Å². The maximum Gasteiger partial charge on any atom is 0.225 e. The first-order chi connectivity index (χ1) is 6.50. The van der Waals surface area contributed by atoms with Gasteiger partial charge in [-0.25, -0.2) is 0 Å². The van der Waals surface area contributed by atoms with Gasteiger partial charge in [0, 0.05) is 24.4 Å². The highest BCUT2D eigenvalue weighted by Gasteiger charge is 2.20. The first-order valence-electron chi connectivity index (χ1n) is 4.67. The molecule has 1 heterocycles. The molecule has 1 aromatic rings. The fraction of sp³-hybridized carbons (Fsp3) is 0.455. The van der Waals surface area contributed by atoms with Gasteiger partial charge in [0.2, 0.25) is 5.91 Å². The van der Waals surface area contributed by atoms with Crippen molar-refractivity contribution < 1.29 is 4.79 Å². The summed E-state index contributed by atoms with van der Waals surface area (Å²) in [5, 5.41) is 2.87. The van der Waals surface area contributed by atoms with Gasteiger partial charge in [0.15, 0.2) is 0 Å². The Kier molecular flexibility index (Phi) is 3.23. The van der Waals surface area contributed by atoms with Gasteiger partial charge in [-0.05, 0) is 17.7 Å². The van der Waals surface area contributed by atoms with Gasteiger partial charge >= 0.3 is 0 Å². The van der Waals surface area contributed by atoms with Crippen molar-refractivity contribution in [3.05, 3.63) is 30.1 Å². The quantitative estimate of drug-likeness (QED) is 0.775. The van der Waals surface area contributed by atoms with Crippen molar-refractivity contribution >= 4 is 5.91 Å². The maximum absolute atomic E-state index is 11.5. The highest BCUT2D eigenvalue weighted by Crippen LogP contribution is 2.12. The Balaban J connectivity index is 2.46. The molecule has 0 atom stereocenters. The SMILES string of the molecule is CC(C)(C)C(=O)NCc1ccncc1. The summed E-state index contributed by atoms with van der Waals surface area (Å²) >= 11 is 0. The van der Waals surface area contributed by atoms with E-state index in [4.69, 9.17) is 0 Å². The van der Waals surface area contributed by atoms with E-state index in [2.05, 4.69) is 10.3 Å². The fourth-order valence-electron chi connectivity index (χ4n) is 0.948. The van der Waals surface area contributed by atoms with Crippen molar-refractivity contribution in [2.45, 2.75) is 27.3 Å². The molecule has 1 amide bonds. The molecule has 0 spiro atoms. The van der Waals surface area contributed by atoms with Gasteiger partial charge in [-0.15, -0.1) is 0 Å². The average molecular weight is 192 g/mol. The largest absolute Gasteiger partial charge is 0.352 e. The Bertz CT molecular complexity index is 301. The second kappa shape index (κ2) is 4.22. The number of pyridine rings is 1. The van der Waals surface area contributed by atoms with Gasteiger partial charge in [0.05, 0.1) is 0 Å². The van der Waals surface area contributed by atoms with Crippen LogP contribution in [-0.4, -0.2) is 10.9 Å². The molecule has 0 fully saturated rings. The van der Waals surface area contributed by atoms with E-state index >= 15 is 0 Å². The number of carbonyl (C=O) groups excluding carboxylic acids is 1. The van der Waals surface area contributed by atoms with Crippen molar-refractivity contribution in [2.24, 2.45) is 5.41 Å². The Morgan fingerprint density at radius 3 is 2.43 bits per heavy atom. The standard InChI is InChI=1S/C11H16N2O/c1-11(2,3)10(14)13-8-9-4-6-12-7-5-9/h4-7H,8H2,1-3H3,(H,13,14). The molecular formula is C11H16N2O. The van der Waals surface area contributed by atoms with Crippen LogP contribution in [0.4, 0.5) is 0 Å². The monoisotopic (exact) mass is 192 g/mol. The van der Waals surface area contributed by atoms with E-state index in [9.17, 15) is 4.79 Å². The second-order valence-corrected chi connectivity index (χ2v) is 4.29. The van der Waals surface area contributed by atoms with Gasteiger partial charge in [0.1, 0.15) is 0 Å². The lowest BCUT2D eigenvalue weighted by Gasteiger charge is -2.17. The molecule has 0 unspecified atom stereocenters. The molecule has 3 nitrogen and oxygen atoms in total. The number of carbonyl (C=O) groups is 1. The molecule has 0 saturated heterocycles. The normalized spacial score (nSPS) is 11.1. The number of rotatable bonds is 2. The van der Waals surface area contributed by atoms with Crippen LogP contribution < -0.4 is 5.32 Å². The molecule has 0 saturated carbocycles. The topological polar surface area (TPSA) is 42.0 Å². The number of nitrogens with zero attached hydrogens (tertiary/aromatic N) is 1. The highest BCUT2D eigenvalue weighted by atomic mass is 16.2. The number of nitrogens with one attached hydrogen (secondary N) is 1. The van der Waals surface area contributed by atoms with Crippen LogP contribution in [0, 0.1) is 5.41 Å². The van der Waals surface area contributed by atoms with Gasteiger partial charge < -0.3 is 5.32 Å². The number of aromatic nitrogens is 1. The van der Waals surface area contributed by atoms with Crippen LogP contribution in [0.2, 0.25) is 0 Å². The molecule has 0 aliphatic heterocycles. The van der Waals surface area contributed by atoms with Crippen molar-refractivity contribution in [2.75, 3.05) is 0 Å². The number of hydrogen-bond donors (Lipinski definition) is 1. The van der Waals surface area contributed by atoms with Crippen LogP contribution in [0.5, 0.6) is 0 Å². The Labute approximate surface area is 84.6 Å². The maximum atomic E-state index is 11.5. The predicted octanol–water partition coefficient (Wildman–Crippen LogP) is 1.74. The molecule has 1 aromatic heterocycles. The fourth-order valence-corrected chi connectivity index (χ4v) is 0.948. The zero-order valence-electron chi connectivity index (χ0n) is 8.87. The summed E-state index contributed by atoms with van der Waals surface area (Å²) in [6, 6.07) is 3.78. The van der Waals surface area contributed by atoms with Crippen LogP contribution in [0.1, 0.15) is 26.3 Å². The van der Waals surface area contributed by atoms with Crippen LogP contribution in [0.3, 0.4) is 0 Å². The zero-order valence-corrected chi connectivity index (χ0v) is 8.87. The van der Waals surface area contributed by atoms with Crippen LogP contribution in [-0.2, 0) is 11.3 Å². The lowest BCUT2D eigenvalue weighted by Crippen LogP contribution is -2.34. The van der Waals surface area contributed by atoms with Gasteiger partial charge in [-0.3, -0.25) is 9.78 Å². The van der Waals surface area contributed by atoms with Crippen LogP contribution in [0.15, 0.2) is 24.5 Å². The Hall–Kier alpha value is -1.38. The van der Waals surface area contributed by atoms with Gasteiger partial charge in [-0.2, -0.15) is 0 Å². The Morgan fingerprint density at radius 1 is 1.36 bits per heavy atom. The summed E-state index contributed by atoms with van der Waals surface area (Å²) in [4.78, 5) is 15.4. The van der Waals surface area contributed by atoms with Crippen LogP contribution in [0.25, 0.3) is 0 Å². The molecule has 14 heavy (non-hydrogen) atoms. The number of hydrogen-bond acceptors (Lipinski definition) is 2. The molecule has 0 bridgehead atoms. The zero-order chi connectivity index (χ0) is 10.6. The van der Waals surface area contributed by atoms with Gasteiger partial charge in [0.25, 0.3) is 0 Å². The minimum Gasteiger partial charge on any atom is -0.352 e. The average Bonchev–Trinajstić information content (AvgIpc) is 2.14. The van der Waals surface area contributed by atoms with E-state index in [-0.39, 0.29) is 11.3 Å². The molecule has 3 heteroatoms. The lowest BCUT2D eigenvalue weighted by molar-refractivity contribution is -0.128. The molecular weight excluding hydrogens is 176 g/mol. The van der Waals surface area contributed by atoms with E-state index in [0.717, 1.165) is 5.56 Å². The summed E-state index contributed by atoms with van der Waals surface area (Å²) in [6.07, 6.45) is 3.44. The summed E-state index contributed by atoms with van der Waals surface area (Å²) in [6.45, 7) is 6.26. The van der Waals surface area contributed by atoms with Crippen molar-refractivity contribution in [1.29, 1.82) is 0 Å². The molecule has 0 radical (unpaired) electrons. The third kappa shape index (κ3) is 3.17. The van der Waals surface area contributed by atoms with E-state index in [0.29, 0.717) is 6.54 Å². The van der Waals surface area contributed by atoms with E-state index in [1.54, 1.807) is 12.4 Å². The number of amides is 1. The first-order valence-corrected chi connectivity index (χ1v) is 4.67. The highest BCUT2D eigenvalue weighted by molar-refractivity contribution is 5.81. The van der Waals surface area contributed by atoms with Crippen molar-refractivity contribution in [3.63, 3.8) is 0 Å². The van der Waals surface area contributed by atoms with E-state index in [1.807, 2.05) is 32.9 Å². The van der Waals surface area contributed by atoms with Gasteiger partial charge in [-0.1, -0.05) is 20.8 Å².